The van der Waals surface area contributed by atoms with Gasteiger partial charge in [-0.2, -0.15) is 0 Å². The molecule has 70 valence electrons. The maximum atomic E-state index is 3.80. The Kier molecular flexibility index (Phi) is 4.69. The van der Waals surface area contributed by atoms with Gasteiger partial charge in [-0.1, -0.05) is 12.6 Å². The van der Waals surface area contributed by atoms with E-state index >= 15 is 0 Å². The average molecular weight is 176 g/mol. The Bertz CT molecular complexity index is 196. The van der Waals surface area contributed by atoms with Crippen LogP contribution in [0.3, 0.4) is 0 Å². The van der Waals surface area contributed by atoms with Crippen molar-refractivity contribution in [2.24, 2.45) is 0 Å². The van der Waals surface area contributed by atoms with Crippen LogP contribution in [0.15, 0.2) is 42.9 Å². The normalized spacial score (nSPS) is 15.2. The van der Waals surface area contributed by atoms with Gasteiger partial charge in [0.2, 0.25) is 0 Å². The molecule has 0 saturated carbocycles. The number of piperidine rings is 1. The highest BCUT2D eigenvalue weighted by Gasteiger charge is 1.98. The molecule has 1 aliphatic heterocycles. The minimum absolute atomic E-state index is 1.14. The molecule has 1 saturated heterocycles. The van der Waals surface area contributed by atoms with Crippen LogP contribution >= 0.6 is 0 Å². The van der Waals surface area contributed by atoms with E-state index in [9.17, 15) is 0 Å². The Labute approximate surface area is 79.7 Å². The SMILES string of the molecule is C=C1CCCCN1.c1ccncc1. The molecular weight excluding hydrogens is 160 g/mol. The molecular formula is C11H16N2. The number of pyridine rings is 1. The molecule has 0 spiro atoms. The summed E-state index contributed by atoms with van der Waals surface area (Å²) in [6.45, 7) is 4.94. The number of hydrogen-bond acceptors (Lipinski definition) is 2. The molecule has 0 aromatic carbocycles. The molecule has 1 aromatic rings. The second-order valence-corrected chi connectivity index (χ2v) is 3.01. The highest BCUT2D eigenvalue weighted by Crippen LogP contribution is 2.06. The van der Waals surface area contributed by atoms with Gasteiger partial charge in [-0.25, -0.2) is 0 Å². The topological polar surface area (TPSA) is 24.9 Å². The lowest BCUT2D eigenvalue weighted by Gasteiger charge is -2.13. The summed E-state index contributed by atoms with van der Waals surface area (Å²) in [5, 5.41) is 3.19. The lowest BCUT2D eigenvalue weighted by molar-refractivity contribution is 0.590. The minimum atomic E-state index is 1.14. The molecule has 0 aliphatic carbocycles. The molecule has 1 N–H and O–H groups in total. The molecule has 1 fully saturated rings. The molecule has 2 heteroatoms. The smallest absolute Gasteiger partial charge is 0.0267 e. The van der Waals surface area contributed by atoms with E-state index in [1.165, 1.54) is 25.0 Å². The maximum absolute atomic E-state index is 3.80. The molecule has 0 amide bonds. The van der Waals surface area contributed by atoms with Crippen molar-refractivity contribution in [1.82, 2.24) is 10.3 Å². The first-order valence-corrected chi connectivity index (χ1v) is 4.66. The summed E-state index contributed by atoms with van der Waals surface area (Å²) in [5.41, 5.74) is 1.21. The van der Waals surface area contributed by atoms with Gasteiger partial charge in [-0.15, -0.1) is 0 Å². The molecule has 0 bridgehead atoms. The van der Waals surface area contributed by atoms with E-state index in [-0.39, 0.29) is 0 Å². The van der Waals surface area contributed by atoms with Crippen LogP contribution in [0.5, 0.6) is 0 Å². The molecule has 1 aromatic heterocycles. The van der Waals surface area contributed by atoms with Crippen LogP contribution in [0.4, 0.5) is 0 Å². The van der Waals surface area contributed by atoms with Crippen molar-refractivity contribution in [3.63, 3.8) is 0 Å². The molecule has 2 rings (SSSR count). The van der Waals surface area contributed by atoms with Crippen molar-refractivity contribution in [3.05, 3.63) is 42.9 Å². The van der Waals surface area contributed by atoms with Gasteiger partial charge in [0.25, 0.3) is 0 Å². The van der Waals surface area contributed by atoms with Crippen LogP contribution < -0.4 is 5.32 Å². The molecule has 2 nitrogen and oxygen atoms in total. The van der Waals surface area contributed by atoms with Gasteiger partial charge >= 0.3 is 0 Å². The van der Waals surface area contributed by atoms with E-state index in [0.717, 1.165) is 6.54 Å². The van der Waals surface area contributed by atoms with Crippen LogP contribution in [0.25, 0.3) is 0 Å². The number of nitrogens with one attached hydrogen (secondary N) is 1. The van der Waals surface area contributed by atoms with E-state index in [4.69, 9.17) is 0 Å². The summed E-state index contributed by atoms with van der Waals surface area (Å²) in [5.74, 6) is 0. The Balaban J connectivity index is 0.000000132. The molecule has 0 unspecified atom stereocenters. The Morgan fingerprint density at radius 3 is 2.15 bits per heavy atom. The highest BCUT2D eigenvalue weighted by molar-refractivity contribution is 4.93. The van der Waals surface area contributed by atoms with E-state index in [0.29, 0.717) is 0 Å². The highest BCUT2D eigenvalue weighted by atomic mass is 14.9. The molecule has 0 atom stereocenters. The summed E-state index contributed by atoms with van der Waals surface area (Å²) < 4.78 is 0. The summed E-state index contributed by atoms with van der Waals surface area (Å²) in [6.07, 6.45) is 7.32. The van der Waals surface area contributed by atoms with Crippen molar-refractivity contribution in [1.29, 1.82) is 0 Å². The zero-order chi connectivity index (χ0) is 9.36. The van der Waals surface area contributed by atoms with Crippen molar-refractivity contribution in [2.75, 3.05) is 6.54 Å². The number of allylic oxidation sites excluding steroid dienone is 1. The summed E-state index contributed by atoms with van der Waals surface area (Å²) in [7, 11) is 0. The third kappa shape index (κ3) is 5.01. The van der Waals surface area contributed by atoms with Crippen LogP contribution in [0, 0.1) is 0 Å². The predicted octanol–water partition coefficient (Wildman–Crippen LogP) is 2.36. The molecule has 2 heterocycles. The molecule has 1 aliphatic rings. The standard InChI is InChI=1S/C6H11N.C5H5N/c1-6-4-2-3-5-7-6;1-2-4-6-5-3-1/h7H,1-5H2;1-5H. The number of hydrogen-bond donors (Lipinski definition) is 1. The van der Waals surface area contributed by atoms with Crippen LogP contribution in [-0.2, 0) is 0 Å². The van der Waals surface area contributed by atoms with Gasteiger partial charge in [-0.3, -0.25) is 4.98 Å². The average Bonchev–Trinajstić information content (AvgIpc) is 2.22. The second-order valence-electron chi connectivity index (χ2n) is 3.01. The van der Waals surface area contributed by atoms with Crippen molar-refractivity contribution >= 4 is 0 Å². The molecule has 0 radical (unpaired) electrons. The van der Waals surface area contributed by atoms with E-state index < -0.39 is 0 Å². The van der Waals surface area contributed by atoms with Gasteiger partial charge in [0.1, 0.15) is 0 Å². The van der Waals surface area contributed by atoms with E-state index in [2.05, 4.69) is 16.9 Å². The van der Waals surface area contributed by atoms with Crippen molar-refractivity contribution in [2.45, 2.75) is 19.3 Å². The Morgan fingerprint density at radius 1 is 1.15 bits per heavy atom. The van der Waals surface area contributed by atoms with Gasteiger partial charge in [0.05, 0.1) is 0 Å². The first-order chi connectivity index (χ1) is 6.39. The van der Waals surface area contributed by atoms with Crippen LogP contribution in [-0.4, -0.2) is 11.5 Å². The van der Waals surface area contributed by atoms with Gasteiger partial charge in [0.15, 0.2) is 0 Å². The number of nitrogens with zero attached hydrogens (tertiary/aromatic N) is 1. The lowest BCUT2D eigenvalue weighted by atomic mass is 10.1. The van der Waals surface area contributed by atoms with Crippen LogP contribution in [0.2, 0.25) is 0 Å². The van der Waals surface area contributed by atoms with E-state index in [1.54, 1.807) is 12.4 Å². The maximum Gasteiger partial charge on any atom is 0.0267 e. The summed E-state index contributed by atoms with van der Waals surface area (Å²) in [6, 6.07) is 5.72. The first kappa shape index (κ1) is 9.78. The van der Waals surface area contributed by atoms with E-state index in [1.807, 2.05) is 18.2 Å². The van der Waals surface area contributed by atoms with Crippen molar-refractivity contribution in [3.8, 4) is 0 Å². The van der Waals surface area contributed by atoms with Gasteiger partial charge in [-0.05, 0) is 31.4 Å². The third-order valence-corrected chi connectivity index (χ3v) is 1.85. The monoisotopic (exact) mass is 176 g/mol. The minimum Gasteiger partial charge on any atom is -0.389 e. The predicted molar refractivity (Wildman–Crippen MR) is 55.2 cm³/mol. The molecule has 13 heavy (non-hydrogen) atoms. The second kappa shape index (κ2) is 6.23. The fourth-order valence-electron chi connectivity index (χ4n) is 1.13. The quantitative estimate of drug-likeness (QED) is 0.656. The van der Waals surface area contributed by atoms with Crippen molar-refractivity contribution < 1.29 is 0 Å². The zero-order valence-electron chi connectivity index (χ0n) is 7.87. The van der Waals surface area contributed by atoms with Gasteiger partial charge in [0, 0.05) is 24.6 Å². The van der Waals surface area contributed by atoms with Crippen LogP contribution in [0.1, 0.15) is 19.3 Å². The largest absolute Gasteiger partial charge is 0.389 e. The Morgan fingerprint density at radius 2 is 1.92 bits per heavy atom. The number of rotatable bonds is 0. The lowest BCUT2D eigenvalue weighted by Crippen LogP contribution is -2.18. The first-order valence-electron chi connectivity index (χ1n) is 4.66. The third-order valence-electron chi connectivity index (χ3n) is 1.85. The summed E-state index contributed by atoms with van der Waals surface area (Å²) >= 11 is 0. The zero-order valence-corrected chi connectivity index (χ0v) is 7.87. The Hall–Kier alpha value is -1.31. The summed E-state index contributed by atoms with van der Waals surface area (Å²) in [4.78, 5) is 3.78. The fourth-order valence-corrected chi connectivity index (χ4v) is 1.13. The fraction of sp³-hybridized carbons (Fsp3) is 0.364. The van der Waals surface area contributed by atoms with Gasteiger partial charge < -0.3 is 5.32 Å². The number of aromatic nitrogens is 1.